The smallest absolute Gasteiger partial charge is 0.147 e. The highest BCUT2D eigenvalue weighted by Crippen LogP contribution is 2.30. The molecule has 19 heavy (non-hydrogen) atoms. The first-order chi connectivity index (χ1) is 8.99. The summed E-state index contributed by atoms with van der Waals surface area (Å²) in [4.78, 5) is 0. The lowest BCUT2D eigenvalue weighted by molar-refractivity contribution is 0.618. The van der Waals surface area contributed by atoms with Crippen LogP contribution in [0.5, 0.6) is 0 Å². The molecule has 0 fully saturated rings. The number of rotatable bonds is 3. The fourth-order valence-electron chi connectivity index (χ4n) is 1.72. The lowest BCUT2D eigenvalue weighted by Gasteiger charge is -2.17. The molecule has 5 heteroatoms. The van der Waals surface area contributed by atoms with E-state index in [0.717, 1.165) is 5.56 Å². The van der Waals surface area contributed by atoms with Gasteiger partial charge in [-0.1, -0.05) is 12.1 Å². The van der Waals surface area contributed by atoms with Crippen molar-refractivity contribution in [1.82, 2.24) is 0 Å². The van der Waals surface area contributed by atoms with Gasteiger partial charge in [0, 0.05) is 10.5 Å². The molecular weight excluding hydrogens is 380 g/mol. The third-order valence-corrected chi connectivity index (χ3v) is 4.04. The van der Waals surface area contributed by atoms with Crippen molar-refractivity contribution in [1.29, 1.82) is 0 Å². The molecule has 0 spiro atoms. The van der Waals surface area contributed by atoms with Crippen molar-refractivity contribution in [3.05, 3.63) is 62.5 Å². The van der Waals surface area contributed by atoms with Crippen LogP contribution in [0.2, 0.25) is 0 Å². The monoisotopic (exact) mass is 389 g/mol. The van der Waals surface area contributed by atoms with Gasteiger partial charge < -0.3 is 5.32 Å². The van der Waals surface area contributed by atoms with Crippen LogP contribution in [-0.4, -0.2) is 0 Å². The van der Waals surface area contributed by atoms with E-state index in [4.69, 9.17) is 0 Å². The summed E-state index contributed by atoms with van der Waals surface area (Å²) in [5.74, 6) is -0.648. The van der Waals surface area contributed by atoms with E-state index in [1.54, 1.807) is 24.3 Å². The second-order valence-corrected chi connectivity index (χ2v) is 5.84. The first-order valence-electron chi connectivity index (χ1n) is 5.64. The van der Waals surface area contributed by atoms with Crippen LogP contribution in [0.1, 0.15) is 18.5 Å². The predicted molar refractivity (Wildman–Crippen MR) is 80.2 cm³/mol. The summed E-state index contributed by atoms with van der Waals surface area (Å²) in [6.45, 7) is 1.89. The van der Waals surface area contributed by atoms with E-state index in [2.05, 4.69) is 37.2 Å². The van der Waals surface area contributed by atoms with E-state index in [0.29, 0.717) is 14.6 Å². The highest BCUT2D eigenvalue weighted by Gasteiger charge is 2.12. The lowest BCUT2D eigenvalue weighted by atomic mass is 10.1. The van der Waals surface area contributed by atoms with Crippen molar-refractivity contribution in [2.24, 2.45) is 0 Å². The maximum atomic E-state index is 13.7. The minimum atomic E-state index is -0.331. The van der Waals surface area contributed by atoms with Crippen LogP contribution in [0.4, 0.5) is 14.5 Å². The molecule has 1 atom stereocenters. The summed E-state index contributed by atoms with van der Waals surface area (Å²) >= 11 is 6.45. The van der Waals surface area contributed by atoms with Gasteiger partial charge in [0.2, 0.25) is 0 Å². The molecule has 1 N–H and O–H groups in total. The molecule has 2 rings (SSSR count). The van der Waals surface area contributed by atoms with Crippen LogP contribution in [0.15, 0.2) is 45.3 Å². The van der Waals surface area contributed by atoms with Gasteiger partial charge in [-0.05, 0) is 68.6 Å². The molecular formula is C14H11Br2F2N. The summed E-state index contributed by atoms with van der Waals surface area (Å²) in [6.07, 6.45) is 0. The quantitative estimate of drug-likeness (QED) is 0.712. The fraction of sp³-hybridized carbons (Fsp3) is 0.143. The van der Waals surface area contributed by atoms with Gasteiger partial charge in [0.1, 0.15) is 11.6 Å². The topological polar surface area (TPSA) is 12.0 Å². The Balaban J connectivity index is 2.25. The Labute approximate surface area is 127 Å². The Morgan fingerprint density at radius 2 is 1.74 bits per heavy atom. The number of benzene rings is 2. The third-order valence-electron chi connectivity index (χ3n) is 2.77. The molecule has 0 aliphatic rings. The van der Waals surface area contributed by atoms with Gasteiger partial charge in [0.15, 0.2) is 0 Å². The van der Waals surface area contributed by atoms with Crippen molar-refractivity contribution in [3.63, 3.8) is 0 Å². The van der Waals surface area contributed by atoms with Crippen LogP contribution >= 0.6 is 31.9 Å². The van der Waals surface area contributed by atoms with Crippen LogP contribution in [-0.2, 0) is 0 Å². The molecule has 0 aliphatic carbocycles. The van der Waals surface area contributed by atoms with Crippen molar-refractivity contribution in [3.8, 4) is 0 Å². The van der Waals surface area contributed by atoms with Gasteiger partial charge in [0.05, 0.1) is 10.2 Å². The van der Waals surface area contributed by atoms with E-state index in [-0.39, 0.29) is 17.7 Å². The molecule has 1 unspecified atom stereocenters. The third kappa shape index (κ3) is 3.34. The largest absolute Gasteiger partial charge is 0.375 e. The first-order valence-corrected chi connectivity index (χ1v) is 7.23. The Hall–Kier alpha value is -0.940. The van der Waals surface area contributed by atoms with Crippen molar-refractivity contribution < 1.29 is 8.78 Å². The molecule has 1 nitrogen and oxygen atoms in total. The molecule has 0 heterocycles. The van der Waals surface area contributed by atoms with E-state index in [9.17, 15) is 8.78 Å². The highest BCUT2D eigenvalue weighted by molar-refractivity contribution is 9.10. The Morgan fingerprint density at radius 1 is 1.00 bits per heavy atom. The van der Waals surface area contributed by atoms with Gasteiger partial charge >= 0.3 is 0 Å². The van der Waals surface area contributed by atoms with Crippen molar-refractivity contribution in [2.45, 2.75) is 13.0 Å². The van der Waals surface area contributed by atoms with E-state index >= 15 is 0 Å². The number of anilines is 1. The van der Waals surface area contributed by atoms with E-state index in [1.807, 2.05) is 6.92 Å². The molecule has 0 saturated carbocycles. The molecule has 0 radical (unpaired) electrons. The first kappa shape index (κ1) is 14.5. The molecule has 0 saturated heterocycles. The zero-order valence-electron chi connectivity index (χ0n) is 10.1. The van der Waals surface area contributed by atoms with Crippen molar-refractivity contribution >= 4 is 37.5 Å². The van der Waals surface area contributed by atoms with Crippen LogP contribution in [0, 0.1) is 11.6 Å². The van der Waals surface area contributed by atoms with Crippen LogP contribution in [0.25, 0.3) is 0 Å². The Kier molecular flexibility index (Phi) is 4.58. The summed E-state index contributed by atoms with van der Waals surface area (Å²) < 4.78 is 27.9. The average Bonchev–Trinajstić information content (AvgIpc) is 2.37. The Morgan fingerprint density at radius 3 is 2.37 bits per heavy atom. The van der Waals surface area contributed by atoms with E-state index in [1.165, 1.54) is 12.1 Å². The second-order valence-electron chi connectivity index (χ2n) is 4.14. The number of hydrogen-bond donors (Lipinski definition) is 1. The number of para-hydroxylation sites is 1. The number of nitrogens with one attached hydrogen (secondary N) is 1. The number of hydrogen-bond acceptors (Lipinski definition) is 1. The minimum absolute atomic E-state index is 0.148. The average molecular weight is 391 g/mol. The maximum absolute atomic E-state index is 13.7. The van der Waals surface area contributed by atoms with Gasteiger partial charge in [-0.3, -0.25) is 0 Å². The van der Waals surface area contributed by atoms with E-state index < -0.39 is 0 Å². The summed E-state index contributed by atoms with van der Waals surface area (Å²) in [6, 6.07) is 9.37. The molecule has 2 aromatic rings. The standard InChI is InChI=1S/C14H11Br2F2N/c1-8(9-5-6-12(17)11(16)7-9)19-14-10(15)3-2-4-13(14)18/h2-8,19H,1H3. The maximum Gasteiger partial charge on any atom is 0.147 e. The molecule has 0 amide bonds. The second kappa shape index (κ2) is 6.01. The SMILES string of the molecule is CC(Nc1c(F)cccc1Br)c1ccc(F)c(Br)c1. The van der Waals surface area contributed by atoms with Gasteiger partial charge in [-0.2, -0.15) is 0 Å². The zero-order chi connectivity index (χ0) is 14.0. The fourth-order valence-corrected chi connectivity index (χ4v) is 2.57. The normalized spacial score (nSPS) is 12.3. The highest BCUT2D eigenvalue weighted by atomic mass is 79.9. The summed E-state index contributed by atoms with van der Waals surface area (Å²) in [5, 5.41) is 3.08. The predicted octanol–water partition coefficient (Wildman–Crippen LogP) is 5.66. The summed E-state index contributed by atoms with van der Waals surface area (Å²) in [7, 11) is 0. The minimum Gasteiger partial charge on any atom is -0.375 e. The number of halogens is 4. The molecule has 100 valence electrons. The van der Waals surface area contributed by atoms with Gasteiger partial charge in [-0.15, -0.1) is 0 Å². The van der Waals surface area contributed by atoms with Crippen LogP contribution in [0.3, 0.4) is 0 Å². The zero-order valence-corrected chi connectivity index (χ0v) is 13.2. The summed E-state index contributed by atoms with van der Waals surface area (Å²) in [5.41, 5.74) is 1.26. The molecule has 0 aliphatic heterocycles. The Bertz CT molecular complexity index is 582. The lowest BCUT2D eigenvalue weighted by Crippen LogP contribution is -2.08. The van der Waals surface area contributed by atoms with Crippen molar-refractivity contribution in [2.75, 3.05) is 5.32 Å². The van der Waals surface area contributed by atoms with Crippen LogP contribution < -0.4 is 5.32 Å². The van der Waals surface area contributed by atoms with Gasteiger partial charge in [0.25, 0.3) is 0 Å². The molecule has 2 aromatic carbocycles. The molecule has 0 bridgehead atoms. The molecule has 0 aromatic heterocycles. The van der Waals surface area contributed by atoms with Gasteiger partial charge in [-0.25, -0.2) is 8.78 Å².